The number of rotatable bonds is 6. The van der Waals surface area contributed by atoms with Gasteiger partial charge >= 0.3 is 6.03 Å². The van der Waals surface area contributed by atoms with Crippen LogP contribution in [0.3, 0.4) is 0 Å². The van der Waals surface area contributed by atoms with Gasteiger partial charge in [-0.2, -0.15) is 0 Å². The molecule has 132 valence electrons. The van der Waals surface area contributed by atoms with Gasteiger partial charge in [0, 0.05) is 0 Å². The topological polar surface area (TPSA) is 81.0 Å². The zero-order chi connectivity index (χ0) is 18.0. The van der Waals surface area contributed by atoms with Crippen molar-refractivity contribution in [2.24, 2.45) is 0 Å². The summed E-state index contributed by atoms with van der Waals surface area (Å²) in [5.41, 5.74) is -1.20. The van der Waals surface area contributed by atoms with E-state index in [1.807, 2.05) is 12.1 Å². The summed E-state index contributed by atoms with van der Waals surface area (Å²) >= 11 is 0. The van der Waals surface area contributed by atoms with Crippen molar-refractivity contribution >= 4 is 11.9 Å². The first kappa shape index (κ1) is 16.9. The molecule has 25 heavy (non-hydrogen) atoms. The van der Waals surface area contributed by atoms with Crippen LogP contribution in [0.15, 0.2) is 40.8 Å². The van der Waals surface area contributed by atoms with E-state index in [1.54, 1.807) is 45.2 Å². The van der Waals surface area contributed by atoms with Gasteiger partial charge in [0.05, 0.1) is 13.7 Å². The van der Waals surface area contributed by atoms with E-state index in [9.17, 15) is 9.59 Å². The van der Waals surface area contributed by atoms with Gasteiger partial charge in [0.2, 0.25) is 0 Å². The van der Waals surface area contributed by atoms with E-state index in [1.165, 1.54) is 0 Å². The minimum absolute atomic E-state index is 0.123. The molecule has 1 saturated heterocycles. The van der Waals surface area contributed by atoms with Crippen molar-refractivity contribution < 1.29 is 23.5 Å². The standard InChI is InChI=1S/C18H20N2O5/c1-12-8-9-15(25-12)18(2)16(21)20(17(22)19-18)10-11-24-14-7-5-4-6-13(14)23-3/h4-9H,10-11H2,1-3H3,(H,19,22)/t18-/m0/s1. The van der Waals surface area contributed by atoms with E-state index in [0.717, 1.165) is 4.90 Å². The number of para-hydroxylation sites is 2. The number of imide groups is 1. The molecule has 1 aromatic heterocycles. The molecule has 2 aromatic rings. The summed E-state index contributed by atoms with van der Waals surface area (Å²) in [6, 6.07) is 10.2. The van der Waals surface area contributed by atoms with Crippen LogP contribution in [0.4, 0.5) is 4.79 Å². The molecule has 1 fully saturated rings. The van der Waals surface area contributed by atoms with Crippen molar-refractivity contribution in [1.82, 2.24) is 10.2 Å². The Morgan fingerprint density at radius 2 is 1.88 bits per heavy atom. The quantitative estimate of drug-likeness (QED) is 0.814. The Morgan fingerprint density at radius 3 is 2.52 bits per heavy atom. The van der Waals surface area contributed by atoms with Gasteiger partial charge in [0.1, 0.15) is 18.1 Å². The van der Waals surface area contributed by atoms with Gasteiger partial charge < -0.3 is 19.2 Å². The molecule has 0 radical (unpaired) electrons. The molecule has 7 nitrogen and oxygen atoms in total. The second kappa shape index (κ2) is 6.51. The normalized spacial score (nSPS) is 19.9. The maximum atomic E-state index is 12.7. The number of amides is 3. The summed E-state index contributed by atoms with van der Waals surface area (Å²) in [6.45, 7) is 3.70. The molecule has 1 N–H and O–H groups in total. The third-order valence-corrected chi connectivity index (χ3v) is 4.15. The maximum absolute atomic E-state index is 12.7. The number of nitrogens with one attached hydrogen (secondary N) is 1. The predicted octanol–water partition coefficient (Wildman–Crippen LogP) is 2.44. The fourth-order valence-corrected chi connectivity index (χ4v) is 2.76. The molecule has 3 rings (SSSR count). The molecule has 0 aliphatic carbocycles. The van der Waals surface area contributed by atoms with Crippen molar-refractivity contribution in [2.75, 3.05) is 20.3 Å². The number of ether oxygens (including phenoxy) is 2. The fraction of sp³-hybridized carbons (Fsp3) is 0.333. The number of furan rings is 1. The van der Waals surface area contributed by atoms with Crippen LogP contribution >= 0.6 is 0 Å². The van der Waals surface area contributed by atoms with E-state index >= 15 is 0 Å². The number of hydrogen-bond acceptors (Lipinski definition) is 5. The van der Waals surface area contributed by atoms with Crippen LogP contribution in [-0.2, 0) is 10.3 Å². The van der Waals surface area contributed by atoms with Crippen molar-refractivity contribution in [3.05, 3.63) is 47.9 Å². The highest BCUT2D eigenvalue weighted by atomic mass is 16.5. The molecule has 1 aromatic carbocycles. The zero-order valence-corrected chi connectivity index (χ0v) is 14.4. The largest absolute Gasteiger partial charge is 0.493 e. The lowest BCUT2D eigenvalue weighted by Crippen LogP contribution is -2.41. The third kappa shape index (κ3) is 3.05. The summed E-state index contributed by atoms with van der Waals surface area (Å²) in [6.07, 6.45) is 0. The highest BCUT2D eigenvalue weighted by Gasteiger charge is 2.50. The SMILES string of the molecule is COc1ccccc1OCCN1C(=O)N[C@@](C)(c2ccc(C)o2)C1=O. The van der Waals surface area contributed by atoms with Crippen molar-refractivity contribution in [3.63, 3.8) is 0 Å². The number of nitrogens with zero attached hydrogens (tertiary/aromatic N) is 1. The second-order valence-electron chi connectivity index (χ2n) is 5.92. The van der Waals surface area contributed by atoms with Crippen molar-refractivity contribution in [3.8, 4) is 11.5 Å². The van der Waals surface area contributed by atoms with Crippen LogP contribution in [0.25, 0.3) is 0 Å². The smallest absolute Gasteiger partial charge is 0.325 e. The van der Waals surface area contributed by atoms with E-state index < -0.39 is 11.6 Å². The lowest BCUT2D eigenvalue weighted by Gasteiger charge is -2.19. The molecule has 1 aliphatic heterocycles. The first-order chi connectivity index (χ1) is 12.0. The summed E-state index contributed by atoms with van der Waals surface area (Å²) in [5, 5.41) is 2.69. The van der Waals surface area contributed by atoms with Gasteiger partial charge in [-0.1, -0.05) is 12.1 Å². The summed E-state index contributed by atoms with van der Waals surface area (Å²) in [5.74, 6) is 1.88. The molecule has 0 bridgehead atoms. The highest BCUT2D eigenvalue weighted by Crippen LogP contribution is 2.30. The molecule has 0 saturated carbocycles. The number of carbonyl (C=O) groups is 2. The van der Waals surface area contributed by atoms with E-state index in [0.29, 0.717) is 23.0 Å². The Hall–Kier alpha value is -2.96. The minimum Gasteiger partial charge on any atom is -0.493 e. The fourth-order valence-electron chi connectivity index (χ4n) is 2.76. The molecule has 0 spiro atoms. The van der Waals surface area contributed by atoms with E-state index in [2.05, 4.69) is 5.32 Å². The molecule has 0 unspecified atom stereocenters. The molecule has 2 heterocycles. The summed E-state index contributed by atoms with van der Waals surface area (Å²) in [4.78, 5) is 26.1. The zero-order valence-electron chi connectivity index (χ0n) is 14.4. The number of benzene rings is 1. The Morgan fingerprint density at radius 1 is 1.16 bits per heavy atom. The lowest BCUT2D eigenvalue weighted by atomic mass is 9.99. The predicted molar refractivity (Wildman–Crippen MR) is 89.5 cm³/mol. The molecule has 1 atom stereocenters. The van der Waals surface area contributed by atoms with Crippen LogP contribution in [0, 0.1) is 6.92 Å². The number of hydrogen-bond donors (Lipinski definition) is 1. The van der Waals surface area contributed by atoms with Crippen molar-refractivity contribution in [2.45, 2.75) is 19.4 Å². The average Bonchev–Trinajstić information content (AvgIpc) is 3.13. The van der Waals surface area contributed by atoms with Gasteiger partial charge in [-0.05, 0) is 38.1 Å². The first-order valence-corrected chi connectivity index (χ1v) is 7.92. The van der Waals surface area contributed by atoms with Crippen molar-refractivity contribution in [1.29, 1.82) is 0 Å². The van der Waals surface area contributed by atoms with Gasteiger partial charge in [-0.25, -0.2) is 4.79 Å². The summed E-state index contributed by atoms with van der Waals surface area (Å²) in [7, 11) is 1.55. The van der Waals surface area contributed by atoms with Gasteiger partial charge in [0.15, 0.2) is 17.0 Å². The number of methoxy groups -OCH3 is 1. The number of aryl methyl sites for hydroxylation is 1. The van der Waals surface area contributed by atoms with Gasteiger partial charge in [-0.3, -0.25) is 9.69 Å². The first-order valence-electron chi connectivity index (χ1n) is 7.92. The molecular formula is C18H20N2O5. The van der Waals surface area contributed by atoms with Crippen LogP contribution in [-0.4, -0.2) is 37.1 Å². The third-order valence-electron chi connectivity index (χ3n) is 4.15. The monoisotopic (exact) mass is 344 g/mol. The van der Waals surface area contributed by atoms with Gasteiger partial charge in [-0.15, -0.1) is 0 Å². The van der Waals surface area contributed by atoms with E-state index in [-0.39, 0.29) is 19.1 Å². The number of urea groups is 1. The Labute approximate surface area is 145 Å². The van der Waals surface area contributed by atoms with Crippen LogP contribution < -0.4 is 14.8 Å². The molecule has 1 aliphatic rings. The average molecular weight is 344 g/mol. The maximum Gasteiger partial charge on any atom is 0.325 e. The number of carbonyl (C=O) groups excluding carboxylic acids is 2. The molecular weight excluding hydrogens is 324 g/mol. The molecule has 7 heteroatoms. The molecule has 3 amide bonds. The second-order valence-corrected chi connectivity index (χ2v) is 5.92. The van der Waals surface area contributed by atoms with Crippen LogP contribution in [0.5, 0.6) is 11.5 Å². The van der Waals surface area contributed by atoms with Crippen LogP contribution in [0.2, 0.25) is 0 Å². The Kier molecular flexibility index (Phi) is 4.39. The lowest BCUT2D eigenvalue weighted by molar-refractivity contribution is -0.131. The highest BCUT2D eigenvalue weighted by molar-refractivity contribution is 6.06. The Balaban J connectivity index is 1.67. The van der Waals surface area contributed by atoms with E-state index in [4.69, 9.17) is 13.9 Å². The summed E-state index contributed by atoms with van der Waals surface area (Å²) < 4.78 is 16.4. The van der Waals surface area contributed by atoms with Gasteiger partial charge in [0.25, 0.3) is 5.91 Å². The van der Waals surface area contributed by atoms with Crippen LogP contribution in [0.1, 0.15) is 18.4 Å². The Bertz CT molecular complexity index is 800. The minimum atomic E-state index is -1.20.